The van der Waals surface area contributed by atoms with Gasteiger partial charge in [-0.05, 0) is 19.1 Å². The smallest absolute Gasteiger partial charge is 0.0627 e. The summed E-state index contributed by atoms with van der Waals surface area (Å²) in [5, 5.41) is 9.69. The highest BCUT2D eigenvalue weighted by Crippen LogP contribution is 2.17. The molecule has 2 unspecified atom stereocenters. The fraction of sp³-hybridized carbons (Fsp3) is 1.00. The molecule has 0 aliphatic carbocycles. The van der Waals surface area contributed by atoms with Gasteiger partial charge in [0.05, 0.1) is 6.10 Å². The molecule has 0 spiro atoms. The SMILES string of the molecule is CCCCCCCCCSC(C)C(C)O. The van der Waals surface area contributed by atoms with E-state index in [2.05, 4.69) is 13.8 Å². The van der Waals surface area contributed by atoms with Gasteiger partial charge in [-0.1, -0.05) is 52.4 Å². The second kappa shape index (κ2) is 10.8. The zero-order valence-corrected chi connectivity index (χ0v) is 11.5. The molecule has 2 atom stereocenters. The van der Waals surface area contributed by atoms with Gasteiger partial charge in [-0.3, -0.25) is 0 Å². The number of unbranched alkanes of at least 4 members (excludes halogenated alkanes) is 6. The molecule has 0 aliphatic rings. The van der Waals surface area contributed by atoms with Gasteiger partial charge < -0.3 is 5.11 Å². The average molecular weight is 232 g/mol. The van der Waals surface area contributed by atoms with Crippen LogP contribution in [0.25, 0.3) is 0 Å². The molecule has 0 saturated heterocycles. The molecule has 0 rings (SSSR count). The lowest BCUT2D eigenvalue weighted by Crippen LogP contribution is -2.15. The summed E-state index contributed by atoms with van der Waals surface area (Å²) < 4.78 is 0. The van der Waals surface area contributed by atoms with Gasteiger partial charge in [-0.25, -0.2) is 0 Å². The van der Waals surface area contributed by atoms with Gasteiger partial charge in [0.25, 0.3) is 0 Å². The van der Waals surface area contributed by atoms with E-state index in [1.54, 1.807) is 0 Å². The third kappa shape index (κ3) is 10.6. The van der Waals surface area contributed by atoms with E-state index < -0.39 is 0 Å². The van der Waals surface area contributed by atoms with Gasteiger partial charge in [0.15, 0.2) is 0 Å². The second-order valence-corrected chi connectivity index (χ2v) is 5.92. The van der Waals surface area contributed by atoms with Crippen molar-refractivity contribution in [3.8, 4) is 0 Å². The van der Waals surface area contributed by atoms with Gasteiger partial charge >= 0.3 is 0 Å². The number of aliphatic hydroxyl groups excluding tert-OH is 1. The van der Waals surface area contributed by atoms with E-state index in [9.17, 15) is 5.11 Å². The minimum Gasteiger partial charge on any atom is -0.392 e. The normalized spacial score (nSPS) is 15.2. The molecule has 0 aliphatic heterocycles. The quantitative estimate of drug-likeness (QED) is 0.569. The number of aliphatic hydroxyl groups is 1. The molecule has 0 heterocycles. The predicted octanol–water partition coefficient (Wildman–Crippen LogP) is 4.24. The molecule has 0 bridgehead atoms. The summed E-state index contributed by atoms with van der Waals surface area (Å²) in [5.74, 6) is 1.21. The summed E-state index contributed by atoms with van der Waals surface area (Å²) in [4.78, 5) is 0. The molecule has 1 nitrogen and oxygen atoms in total. The molecule has 0 amide bonds. The summed E-state index contributed by atoms with van der Waals surface area (Å²) in [7, 11) is 0. The molecule has 0 radical (unpaired) electrons. The molecule has 0 aromatic rings. The third-order valence-electron chi connectivity index (χ3n) is 2.81. The Morgan fingerprint density at radius 3 is 2.00 bits per heavy atom. The highest BCUT2D eigenvalue weighted by Gasteiger charge is 2.07. The van der Waals surface area contributed by atoms with Crippen molar-refractivity contribution in [1.29, 1.82) is 0 Å². The molecule has 1 N–H and O–H groups in total. The summed E-state index contributed by atoms with van der Waals surface area (Å²) >= 11 is 1.90. The van der Waals surface area contributed by atoms with Crippen LogP contribution in [0, 0.1) is 0 Å². The van der Waals surface area contributed by atoms with Gasteiger partial charge in [0.1, 0.15) is 0 Å². The molecule has 15 heavy (non-hydrogen) atoms. The zero-order chi connectivity index (χ0) is 11.5. The van der Waals surface area contributed by atoms with E-state index in [1.165, 1.54) is 50.7 Å². The minimum atomic E-state index is -0.167. The maximum atomic E-state index is 9.30. The van der Waals surface area contributed by atoms with Crippen LogP contribution in [0.15, 0.2) is 0 Å². The maximum Gasteiger partial charge on any atom is 0.0627 e. The van der Waals surface area contributed by atoms with Crippen molar-refractivity contribution in [2.24, 2.45) is 0 Å². The molecular weight excluding hydrogens is 204 g/mol. The Balaban J connectivity index is 3.05. The first-order chi connectivity index (χ1) is 7.18. The van der Waals surface area contributed by atoms with Crippen LogP contribution >= 0.6 is 11.8 Å². The molecule has 2 heteroatoms. The second-order valence-electron chi connectivity index (χ2n) is 4.44. The van der Waals surface area contributed by atoms with E-state index in [4.69, 9.17) is 0 Å². The van der Waals surface area contributed by atoms with Crippen LogP contribution in [0.2, 0.25) is 0 Å². The average Bonchev–Trinajstić information content (AvgIpc) is 2.21. The van der Waals surface area contributed by atoms with Crippen LogP contribution in [0.5, 0.6) is 0 Å². The number of thioether (sulfide) groups is 1. The van der Waals surface area contributed by atoms with Crippen LogP contribution in [0.3, 0.4) is 0 Å². The minimum absolute atomic E-state index is 0.167. The van der Waals surface area contributed by atoms with Crippen LogP contribution in [-0.4, -0.2) is 22.2 Å². The van der Waals surface area contributed by atoms with Crippen molar-refractivity contribution in [2.75, 3.05) is 5.75 Å². The zero-order valence-electron chi connectivity index (χ0n) is 10.7. The van der Waals surface area contributed by atoms with Crippen LogP contribution in [-0.2, 0) is 0 Å². The van der Waals surface area contributed by atoms with Crippen LogP contribution < -0.4 is 0 Å². The Morgan fingerprint density at radius 1 is 0.933 bits per heavy atom. The van der Waals surface area contributed by atoms with Crippen molar-refractivity contribution < 1.29 is 5.11 Å². The molecular formula is C13H28OS. The summed E-state index contributed by atoms with van der Waals surface area (Å²) in [6, 6.07) is 0. The molecule has 0 saturated carbocycles. The van der Waals surface area contributed by atoms with E-state index in [0.29, 0.717) is 5.25 Å². The number of hydrogen-bond donors (Lipinski definition) is 1. The Hall–Kier alpha value is 0.310. The monoisotopic (exact) mass is 232 g/mol. The molecule has 0 fully saturated rings. The van der Waals surface area contributed by atoms with Crippen molar-refractivity contribution in [3.05, 3.63) is 0 Å². The molecule has 0 aromatic carbocycles. The van der Waals surface area contributed by atoms with E-state index in [-0.39, 0.29) is 6.10 Å². The lowest BCUT2D eigenvalue weighted by molar-refractivity contribution is 0.196. The third-order valence-corrected chi connectivity index (χ3v) is 4.25. The van der Waals surface area contributed by atoms with E-state index in [1.807, 2.05) is 18.7 Å². The van der Waals surface area contributed by atoms with Gasteiger partial charge in [-0.15, -0.1) is 0 Å². The van der Waals surface area contributed by atoms with Crippen molar-refractivity contribution in [1.82, 2.24) is 0 Å². The topological polar surface area (TPSA) is 20.2 Å². The van der Waals surface area contributed by atoms with Gasteiger partial charge in [0, 0.05) is 5.25 Å². The van der Waals surface area contributed by atoms with Gasteiger partial charge in [-0.2, -0.15) is 11.8 Å². The molecule has 92 valence electrons. The first kappa shape index (κ1) is 15.3. The Kier molecular flexibility index (Phi) is 11.0. The van der Waals surface area contributed by atoms with Gasteiger partial charge in [0.2, 0.25) is 0 Å². The molecule has 0 aromatic heterocycles. The predicted molar refractivity (Wildman–Crippen MR) is 71.6 cm³/mol. The Morgan fingerprint density at radius 2 is 1.47 bits per heavy atom. The van der Waals surface area contributed by atoms with E-state index >= 15 is 0 Å². The fourth-order valence-corrected chi connectivity index (χ4v) is 2.49. The highest BCUT2D eigenvalue weighted by atomic mass is 32.2. The standard InChI is InChI=1S/C13H28OS/c1-4-5-6-7-8-9-10-11-15-13(3)12(2)14/h12-14H,4-11H2,1-3H3. The van der Waals surface area contributed by atoms with Crippen molar-refractivity contribution in [3.63, 3.8) is 0 Å². The van der Waals surface area contributed by atoms with Crippen LogP contribution in [0.1, 0.15) is 65.7 Å². The maximum absolute atomic E-state index is 9.30. The Bertz CT molecular complexity index is 126. The lowest BCUT2D eigenvalue weighted by atomic mass is 10.1. The van der Waals surface area contributed by atoms with Crippen LogP contribution in [0.4, 0.5) is 0 Å². The first-order valence-electron chi connectivity index (χ1n) is 6.48. The number of rotatable bonds is 10. The summed E-state index contributed by atoms with van der Waals surface area (Å²) in [6.07, 6.45) is 9.45. The lowest BCUT2D eigenvalue weighted by Gasteiger charge is -2.13. The largest absolute Gasteiger partial charge is 0.392 e. The first-order valence-corrected chi connectivity index (χ1v) is 7.53. The van der Waals surface area contributed by atoms with Crippen molar-refractivity contribution in [2.45, 2.75) is 77.1 Å². The Labute approximate surface area is 100 Å². The highest BCUT2D eigenvalue weighted by molar-refractivity contribution is 7.99. The van der Waals surface area contributed by atoms with Crippen molar-refractivity contribution >= 4 is 11.8 Å². The van der Waals surface area contributed by atoms with E-state index in [0.717, 1.165) is 0 Å². The summed E-state index contributed by atoms with van der Waals surface area (Å²) in [6.45, 7) is 6.24. The summed E-state index contributed by atoms with van der Waals surface area (Å²) in [5.41, 5.74) is 0. The fourth-order valence-electron chi connectivity index (χ4n) is 1.47. The number of hydrogen-bond acceptors (Lipinski definition) is 2.